The number of carbonyl (C=O) groups is 1. The van der Waals surface area contributed by atoms with Gasteiger partial charge in [-0.1, -0.05) is 6.07 Å². The van der Waals surface area contributed by atoms with E-state index in [-0.39, 0.29) is 6.03 Å². The number of nitrogens with zero attached hydrogens (tertiary/aromatic N) is 5. The minimum Gasteiger partial charge on any atom is -0.476 e. The number of amides is 2. The summed E-state index contributed by atoms with van der Waals surface area (Å²) in [6.45, 7) is 3.65. The van der Waals surface area contributed by atoms with E-state index in [1.165, 1.54) is 0 Å². The summed E-state index contributed by atoms with van der Waals surface area (Å²) in [5.41, 5.74) is 3.95. The van der Waals surface area contributed by atoms with E-state index in [2.05, 4.69) is 35.6 Å². The molecule has 0 aliphatic heterocycles. The second-order valence-electron chi connectivity index (χ2n) is 7.60. The predicted molar refractivity (Wildman–Crippen MR) is 127 cm³/mol. The highest BCUT2D eigenvalue weighted by Crippen LogP contribution is 2.32. The van der Waals surface area contributed by atoms with Crippen LogP contribution in [0.25, 0.3) is 33.5 Å². The van der Waals surface area contributed by atoms with E-state index >= 15 is 0 Å². The van der Waals surface area contributed by atoms with Crippen LogP contribution in [-0.2, 0) is 0 Å². The molecule has 0 saturated carbocycles. The largest absolute Gasteiger partial charge is 0.476 e. The van der Waals surface area contributed by atoms with Gasteiger partial charge in [-0.3, -0.25) is 10.3 Å². The molecule has 0 aliphatic rings. The molecule has 4 aromatic rings. The van der Waals surface area contributed by atoms with Crippen molar-refractivity contribution >= 4 is 23.0 Å². The van der Waals surface area contributed by atoms with Crippen LogP contribution in [0, 0.1) is 0 Å². The lowest BCUT2D eigenvalue weighted by Gasteiger charge is -2.11. The molecule has 0 atom stereocenters. The summed E-state index contributed by atoms with van der Waals surface area (Å²) in [6, 6.07) is 9.16. The summed E-state index contributed by atoms with van der Waals surface area (Å²) in [7, 11) is 3.97. The molecule has 10 heteroatoms. The molecule has 0 bridgehead atoms. The van der Waals surface area contributed by atoms with Crippen LogP contribution in [0.3, 0.4) is 0 Å². The van der Waals surface area contributed by atoms with E-state index in [9.17, 15) is 4.79 Å². The van der Waals surface area contributed by atoms with Gasteiger partial charge >= 0.3 is 6.03 Å². The Balaban J connectivity index is 1.76. The molecule has 1 aromatic carbocycles. The molecular weight excluding hydrogens is 420 g/mol. The monoisotopic (exact) mass is 446 g/mol. The molecule has 0 saturated heterocycles. The van der Waals surface area contributed by atoms with Crippen molar-refractivity contribution in [1.82, 2.24) is 35.1 Å². The third kappa shape index (κ3) is 5.42. The minimum atomic E-state index is -0.335. The van der Waals surface area contributed by atoms with Gasteiger partial charge in [0.15, 0.2) is 5.82 Å². The van der Waals surface area contributed by atoms with Crippen LogP contribution < -0.4 is 15.4 Å². The highest BCUT2D eigenvalue weighted by atomic mass is 16.5. The molecule has 2 amide bonds. The van der Waals surface area contributed by atoms with Crippen LogP contribution in [0.1, 0.15) is 6.92 Å². The summed E-state index contributed by atoms with van der Waals surface area (Å²) in [5.74, 6) is 1.31. The van der Waals surface area contributed by atoms with Crippen molar-refractivity contribution in [3.63, 3.8) is 0 Å². The summed E-state index contributed by atoms with van der Waals surface area (Å²) in [6.07, 6.45) is 5.18. The first-order valence-electron chi connectivity index (χ1n) is 10.6. The third-order valence-electron chi connectivity index (χ3n) is 4.82. The van der Waals surface area contributed by atoms with Crippen molar-refractivity contribution in [2.24, 2.45) is 0 Å². The molecule has 0 unspecified atom stereocenters. The van der Waals surface area contributed by atoms with Crippen LogP contribution in [0.15, 0.2) is 48.9 Å². The number of benzene rings is 1. The van der Waals surface area contributed by atoms with Gasteiger partial charge in [-0.05, 0) is 44.8 Å². The Hall–Kier alpha value is -4.05. The molecule has 3 N–H and O–H groups in total. The van der Waals surface area contributed by atoms with Gasteiger partial charge in [0.1, 0.15) is 6.61 Å². The molecule has 170 valence electrons. The normalized spacial score (nSPS) is 11.0. The SMILES string of the molecule is CCNC(=O)Nc1nc2cc(-c3cccnc3)cc(-c3nccc(OCCN(C)C)n3)c2[nH]1. The maximum Gasteiger partial charge on any atom is 0.321 e. The van der Waals surface area contributed by atoms with E-state index in [1.807, 2.05) is 50.2 Å². The molecule has 0 spiro atoms. The second-order valence-corrected chi connectivity index (χ2v) is 7.60. The number of ether oxygens (including phenoxy) is 1. The zero-order valence-electron chi connectivity index (χ0n) is 18.8. The molecule has 3 aromatic heterocycles. The number of aromatic nitrogens is 5. The van der Waals surface area contributed by atoms with E-state index in [4.69, 9.17) is 4.74 Å². The zero-order valence-corrected chi connectivity index (χ0v) is 18.8. The van der Waals surface area contributed by atoms with Crippen molar-refractivity contribution in [1.29, 1.82) is 0 Å². The van der Waals surface area contributed by atoms with Crippen molar-refractivity contribution in [3.05, 3.63) is 48.9 Å². The van der Waals surface area contributed by atoms with Gasteiger partial charge < -0.3 is 19.9 Å². The molecule has 10 nitrogen and oxygen atoms in total. The number of hydrogen-bond donors (Lipinski definition) is 3. The van der Waals surface area contributed by atoms with Gasteiger partial charge in [-0.2, -0.15) is 4.98 Å². The van der Waals surface area contributed by atoms with E-state index < -0.39 is 0 Å². The van der Waals surface area contributed by atoms with Crippen LogP contribution in [0.4, 0.5) is 10.7 Å². The molecule has 0 fully saturated rings. The zero-order chi connectivity index (χ0) is 23.2. The number of hydrogen-bond acceptors (Lipinski definition) is 7. The Morgan fingerprint density at radius 2 is 2.03 bits per heavy atom. The summed E-state index contributed by atoms with van der Waals surface area (Å²) in [4.78, 5) is 35.1. The maximum absolute atomic E-state index is 12.0. The number of carbonyl (C=O) groups excluding carboxylic acids is 1. The summed E-state index contributed by atoms with van der Waals surface area (Å²) < 4.78 is 5.80. The van der Waals surface area contributed by atoms with Crippen molar-refractivity contribution in [2.45, 2.75) is 6.92 Å². The molecule has 0 aliphatic carbocycles. The van der Waals surface area contributed by atoms with Crippen LogP contribution >= 0.6 is 0 Å². The molecule has 3 heterocycles. The van der Waals surface area contributed by atoms with E-state index in [1.54, 1.807) is 24.7 Å². The van der Waals surface area contributed by atoms with Gasteiger partial charge in [0, 0.05) is 48.9 Å². The lowest BCUT2D eigenvalue weighted by atomic mass is 10.0. The fourth-order valence-corrected chi connectivity index (χ4v) is 3.25. The van der Waals surface area contributed by atoms with E-state index in [0.29, 0.717) is 41.8 Å². The Kier molecular flexibility index (Phi) is 6.75. The highest BCUT2D eigenvalue weighted by Gasteiger charge is 2.16. The molecule has 33 heavy (non-hydrogen) atoms. The fraction of sp³-hybridized carbons (Fsp3) is 0.261. The third-order valence-corrected chi connectivity index (χ3v) is 4.82. The minimum absolute atomic E-state index is 0.332. The maximum atomic E-state index is 12.0. The quantitative estimate of drug-likeness (QED) is 0.380. The first kappa shape index (κ1) is 22.2. The van der Waals surface area contributed by atoms with Gasteiger partial charge in [0.25, 0.3) is 0 Å². The summed E-state index contributed by atoms with van der Waals surface area (Å²) in [5, 5.41) is 5.41. The van der Waals surface area contributed by atoms with Gasteiger partial charge in [-0.25, -0.2) is 14.8 Å². The number of anilines is 1. The number of nitrogens with one attached hydrogen (secondary N) is 3. The van der Waals surface area contributed by atoms with Gasteiger partial charge in [0.2, 0.25) is 11.8 Å². The number of H-pyrrole nitrogens is 1. The lowest BCUT2D eigenvalue weighted by Crippen LogP contribution is -2.28. The number of imidazole rings is 1. The second kappa shape index (κ2) is 10.0. The van der Waals surface area contributed by atoms with Crippen molar-refractivity contribution in [2.75, 3.05) is 39.1 Å². The van der Waals surface area contributed by atoms with Crippen molar-refractivity contribution < 1.29 is 9.53 Å². The average molecular weight is 447 g/mol. The highest BCUT2D eigenvalue weighted by molar-refractivity contribution is 5.97. The Labute approximate surface area is 191 Å². The number of pyridine rings is 1. The predicted octanol–water partition coefficient (Wildman–Crippen LogP) is 3.16. The average Bonchev–Trinajstić information content (AvgIpc) is 3.21. The number of rotatable bonds is 8. The fourth-order valence-electron chi connectivity index (χ4n) is 3.25. The first-order valence-corrected chi connectivity index (χ1v) is 10.6. The van der Waals surface area contributed by atoms with Crippen LogP contribution in [-0.4, -0.2) is 69.6 Å². The molecule has 0 radical (unpaired) electrons. The lowest BCUT2D eigenvalue weighted by molar-refractivity contribution is 0.252. The topological polar surface area (TPSA) is 121 Å². The first-order chi connectivity index (χ1) is 16.0. The Morgan fingerprint density at radius 3 is 2.79 bits per heavy atom. The number of urea groups is 1. The van der Waals surface area contributed by atoms with Crippen molar-refractivity contribution in [3.8, 4) is 28.4 Å². The number of fused-ring (bicyclic) bond motifs is 1. The van der Waals surface area contributed by atoms with E-state index in [0.717, 1.165) is 23.2 Å². The van der Waals surface area contributed by atoms with Crippen LogP contribution in [0.5, 0.6) is 5.88 Å². The smallest absolute Gasteiger partial charge is 0.321 e. The Morgan fingerprint density at radius 1 is 1.15 bits per heavy atom. The molecule has 4 rings (SSSR count). The van der Waals surface area contributed by atoms with Crippen LogP contribution in [0.2, 0.25) is 0 Å². The summed E-state index contributed by atoms with van der Waals surface area (Å²) >= 11 is 0. The number of likely N-dealkylation sites (N-methyl/N-ethyl adjacent to an activating group) is 1. The molecular formula is C23H26N8O2. The Bertz CT molecular complexity index is 1240. The van der Waals surface area contributed by atoms with Gasteiger partial charge in [0.05, 0.1) is 11.0 Å². The number of aromatic amines is 1. The van der Waals surface area contributed by atoms with Gasteiger partial charge in [-0.15, -0.1) is 0 Å². The standard InChI is InChI=1S/C23H26N8O2/c1-4-25-23(32)30-22-27-18-13-16(15-6-5-8-24-14-15)12-17(20(18)29-22)21-26-9-7-19(28-21)33-11-10-31(2)3/h5-9,12-14H,4,10-11H2,1-3H3,(H3,25,27,29,30,32).